The van der Waals surface area contributed by atoms with E-state index in [0.29, 0.717) is 5.92 Å². The fourth-order valence-electron chi connectivity index (χ4n) is 2.68. The summed E-state index contributed by atoms with van der Waals surface area (Å²) in [6.45, 7) is 12.3. The van der Waals surface area contributed by atoms with Crippen LogP contribution < -0.4 is 0 Å². The maximum absolute atomic E-state index is 13.3. The highest BCUT2D eigenvalue weighted by Gasteiger charge is 2.36. The van der Waals surface area contributed by atoms with Crippen molar-refractivity contribution in [2.75, 3.05) is 38.6 Å². The molecule has 0 aromatic carbocycles. The topological polar surface area (TPSA) is 38.8 Å². The fraction of sp³-hybridized carbons (Fsp3) is 1.00. The Balaban J connectivity index is 2.57. The molecule has 0 radical (unpaired) electrons. The molecule has 0 N–H and O–H groups in total. The number of hydrogen-bond donors (Lipinski definition) is 0. The zero-order valence-electron chi connectivity index (χ0n) is 14.2. The van der Waals surface area contributed by atoms with Gasteiger partial charge in [0.1, 0.15) is 0 Å². The van der Waals surface area contributed by atoms with Crippen LogP contribution in [0.3, 0.4) is 0 Å². The summed E-state index contributed by atoms with van der Waals surface area (Å²) in [6.07, 6.45) is 0.922. The summed E-state index contributed by atoms with van der Waals surface area (Å²) in [5, 5.41) is 0. The standard InChI is InChI=1S/C15H32NO3PS/c1-6-15(13(2)3)20(17,19-14(4)5)21-12-9-16-7-10-18-11-8-16/h13-15H,6-12H2,1-5H3. The average molecular weight is 337 g/mol. The third-order valence-electron chi connectivity index (χ3n) is 3.73. The fourth-order valence-corrected chi connectivity index (χ4v) is 8.91. The lowest BCUT2D eigenvalue weighted by Crippen LogP contribution is -2.37. The maximum Gasteiger partial charge on any atom is 0.261 e. The van der Waals surface area contributed by atoms with Crippen LogP contribution in [-0.2, 0) is 13.8 Å². The molecule has 1 aliphatic rings. The highest BCUT2D eigenvalue weighted by Crippen LogP contribution is 2.66. The predicted molar refractivity (Wildman–Crippen MR) is 92.5 cm³/mol. The van der Waals surface area contributed by atoms with Crippen LogP contribution >= 0.6 is 18.0 Å². The molecular formula is C15H32NO3PS. The van der Waals surface area contributed by atoms with E-state index in [0.717, 1.165) is 45.0 Å². The first-order valence-electron chi connectivity index (χ1n) is 8.11. The zero-order chi connectivity index (χ0) is 15.9. The van der Waals surface area contributed by atoms with Crippen LogP contribution in [-0.4, -0.2) is 55.3 Å². The smallest absolute Gasteiger partial charge is 0.261 e. The SMILES string of the molecule is CCC(C(C)C)P(=O)(OC(C)C)SCCN1CCOCC1. The number of hydrogen-bond acceptors (Lipinski definition) is 5. The minimum atomic E-state index is -2.65. The highest BCUT2D eigenvalue weighted by molar-refractivity contribution is 8.56. The van der Waals surface area contributed by atoms with Crippen molar-refractivity contribution in [1.29, 1.82) is 0 Å². The first-order valence-corrected chi connectivity index (χ1v) is 11.4. The van der Waals surface area contributed by atoms with Crippen molar-refractivity contribution in [3.63, 3.8) is 0 Å². The second kappa shape index (κ2) is 9.57. The molecule has 0 amide bonds. The van der Waals surface area contributed by atoms with Gasteiger partial charge < -0.3 is 9.26 Å². The molecule has 4 nitrogen and oxygen atoms in total. The molecule has 1 saturated heterocycles. The number of nitrogens with zero attached hydrogens (tertiary/aromatic N) is 1. The summed E-state index contributed by atoms with van der Waals surface area (Å²) in [5.74, 6) is 1.25. The van der Waals surface area contributed by atoms with Gasteiger partial charge in [0, 0.05) is 31.0 Å². The largest absolute Gasteiger partial charge is 0.379 e. The van der Waals surface area contributed by atoms with Gasteiger partial charge in [-0.2, -0.15) is 0 Å². The first kappa shape index (κ1) is 19.5. The van der Waals surface area contributed by atoms with Gasteiger partial charge in [-0.05, 0) is 26.2 Å². The summed E-state index contributed by atoms with van der Waals surface area (Å²) in [6, 6.07) is 0. The van der Waals surface area contributed by atoms with Gasteiger partial charge in [0.15, 0.2) is 0 Å². The maximum atomic E-state index is 13.3. The van der Waals surface area contributed by atoms with Gasteiger partial charge in [0.05, 0.1) is 19.3 Å². The van der Waals surface area contributed by atoms with E-state index in [2.05, 4.69) is 25.7 Å². The molecule has 1 aliphatic heterocycles. The van der Waals surface area contributed by atoms with E-state index in [4.69, 9.17) is 9.26 Å². The third-order valence-corrected chi connectivity index (χ3v) is 9.65. The summed E-state index contributed by atoms with van der Waals surface area (Å²) >= 11 is 1.56. The minimum absolute atomic E-state index is 0.0134. The van der Waals surface area contributed by atoms with Crippen molar-refractivity contribution in [2.24, 2.45) is 5.92 Å². The lowest BCUT2D eigenvalue weighted by molar-refractivity contribution is 0.0410. The van der Waals surface area contributed by atoms with E-state index >= 15 is 0 Å². The van der Waals surface area contributed by atoms with Crippen molar-refractivity contribution in [2.45, 2.75) is 52.8 Å². The molecule has 0 aromatic rings. The van der Waals surface area contributed by atoms with Gasteiger partial charge in [0.2, 0.25) is 0 Å². The van der Waals surface area contributed by atoms with Gasteiger partial charge in [-0.3, -0.25) is 9.46 Å². The van der Waals surface area contributed by atoms with Gasteiger partial charge in [-0.15, -0.1) is 0 Å². The summed E-state index contributed by atoms with van der Waals surface area (Å²) < 4.78 is 24.6. The quantitative estimate of drug-likeness (QED) is 0.592. The van der Waals surface area contributed by atoms with Crippen molar-refractivity contribution >= 4 is 18.0 Å². The molecule has 6 heteroatoms. The summed E-state index contributed by atoms with van der Waals surface area (Å²) in [5.41, 5.74) is 0.148. The summed E-state index contributed by atoms with van der Waals surface area (Å²) in [7, 11) is 0. The second-order valence-electron chi connectivity index (χ2n) is 6.20. The normalized spacial score (nSPS) is 21.7. The van der Waals surface area contributed by atoms with Crippen LogP contribution in [0.4, 0.5) is 0 Å². The van der Waals surface area contributed by atoms with Crippen LogP contribution in [0.25, 0.3) is 0 Å². The van der Waals surface area contributed by atoms with Crippen LogP contribution in [0.15, 0.2) is 0 Å². The van der Waals surface area contributed by atoms with Crippen molar-refractivity contribution in [3.8, 4) is 0 Å². The van der Waals surface area contributed by atoms with E-state index in [1.165, 1.54) is 0 Å². The Kier molecular flexibility index (Phi) is 8.89. The van der Waals surface area contributed by atoms with E-state index in [1.54, 1.807) is 11.4 Å². The Labute approximate surface area is 134 Å². The average Bonchev–Trinajstić information content (AvgIpc) is 2.39. The number of ether oxygens (including phenoxy) is 1. The Bertz CT molecular complexity index is 333. The Morgan fingerprint density at radius 2 is 1.86 bits per heavy atom. The van der Waals surface area contributed by atoms with E-state index in [-0.39, 0.29) is 11.8 Å². The van der Waals surface area contributed by atoms with Crippen molar-refractivity contribution in [3.05, 3.63) is 0 Å². The molecule has 1 rings (SSSR count). The van der Waals surface area contributed by atoms with Crippen molar-refractivity contribution < 1.29 is 13.8 Å². The molecule has 0 saturated carbocycles. The van der Waals surface area contributed by atoms with Crippen LogP contribution in [0, 0.1) is 5.92 Å². The zero-order valence-corrected chi connectivity index (χ0v) is 15.9. The molecule has 1 heterocycles. The van der Waals surface area contributed by atoms with Crippen LogP contribution in [0.2, 0.25) is 0 Å². The molecule has 1 fully saturated rings. The molecule has 2 unspecified atom stereocenters. The van der Waals surface area contributed by atoms with Crippen LogP contribution in [0.1, 0.15) is 41.0 Å². The first-order chi connectivity index (χ1) is 9.89. The van der Waals surface area contributed by atoms with Gasteiger partial charge in [-0.1, -0.05) is 32.2 Å². The Morgan fingerprint density at radius 3 is 2.33 bits per heavy atom. The van der Waals surface area contributed by atoms with Gasteiger partial charge in [0.25, 0.3) is 6.57 Å². The molecule has 0 aliphatic carbocycles. The Morgan fingerprint density at radius 1 is 1.24 bits per heavy atom. The van der Waals surface area contributed by atoms with Gasteiger partial charge >= 0.3 is 0 Å². The van der Waals surface area contributed by atoms with E-state index in [9.17, 15) is 4.57 Å². The molecular weight excluding hydrogens is 305 g/mol. The number of morpholine rings is 1. The molecule has 0 bridgehead atoms. The highest BCUT2D eigenvalue weighted by atomic mass is 32.7. The van der Waals surface area contributed by atoms with E-state index in [1.807, 2.05) is 13.8 Å². The summed E-state index contributed by atoms with van der Waals surface area (Å²) in [4.78, 5) is 2.38. The minimum Gasteiger partial charge on any atom is -0.379 e. The molecule has 2 atom stereocenters. The third kappa shape index (κ3) is 6.62. The number of rotatable bonds is 9. The van der Waals surface area contributed by atoms with Crippen LogP contribution in [0.5, 0.6) is 0 Å². The lowest BCUT2D eigenvalue weighted by Gasteiger charge is -2.31. The van der Waals surface area contributed by atoms with Crippen molar-refractivity contribution in [1.82, 2.24) is 4.90 Å². The molecule has 0 spiro atoms. The van der Waals surface area contributed by atoms with E-state index < -0.39 is 6.57 Å². The molecule has 21 heavy (non-hydrogen) atoms. The second-order valence-corrected chi connectivity index (χ2v) is 11.1. The lowest BCUT2D eigenvalue weighted by atomic mass is 10.1. The van der Waals surface area contributed by atoms with Gasteiger partial charge in [-0.25, -0.2) is 0 Å². The molecule has 126 valence electrons. The molecule has 0 aromatic heterocycles. The Hall–Kier alpha value is 0.460. The monoisotopic (exact) mass is 337 g/mol. The predicted octanol–water partition coefficient (Wildman–Crippen LogP) is 4.10.